The van der Waals surface area contributed by atoms with Crippen molar-refractivity contribution < 1.29 is 46.9 Å². The van der Waals surface area contributed by atoms with Crippen LogP contribution in [0, 0.1) is 30.3 Å². The topological polar surface area (TPSA) is 122 Å². The Morgan fingerprint density at radius 3 is 2.33 bits per heavy atom. The van der Waals surface area contributed by atoms with Gasteiger partial charge in [0.2, 0.25) is 11.7 Å². The predicted molar refractivity (Wildman–Crippen MR) is 119 cm³/mol. The first-order valence-corrected chi connectivity index (χ1v) is 11.8. The molecule has 1 aromatic carbocycles. The van der Waals surface area contributed by atoms with Crippen molar-refractivity contribution in [1.82, 2.24) is 10.2 Å². The second-order valence-corrected chi connectivity index (χ2v) is 9.10. The van der Waals surface area contributed by atoms with Crippen LogP contribution in [-0.4, -0.2) is 65.6 Å². The second kappa shape index (κ2) is 12.1. The van der Waals surface area contributed by atoms with Gasteiger partial charge in [-0.3, -0.25) is 14.4 Å². The number of piperidine rings is 1. The fourth-order valence-electron chi connectivity index (χ4n) is 4.33. The summed E-state index contributed by atoms with van der Waals surface area (Å²) in [4.78, 5) is 50.3. The van der Waals surface area contributed by atoms with Crippen molar-refractivity contribution in [2.75, 3.05) is 19.7 Å². The molecule has 2 fully saturated rings. The summed E-state index contributed by atoms with van der Waals surface area (Å²) in [6, 6.07) is -0.895. The molecule has 0 bridgehead atoms. The number of carbonyl (C=O) groups is 4. The number of carboxylic acids is 1. The minimum absolute atomic E-state index is 0.0817. The third-order valence-electron chi connectivity index (χ3n) is 6.43. The van der Waals surface area contributed by atoms with E-state index in [1.807, 2.05) is 0 Å². The molecule has 0 unspecified atom stereocenters. The van der Waals surface area contributed by atoms with Gasteiger partial charge in [-0.05, 0) is 57.1 Å². The average molecular weight is 514 g/mol. The van der Waals surface area contributed by atoms with Gasteiger partial charge in [0.05, 0.1) is 6.42 Å². The molecule has 2 amide bonds. The van der Waals surface area contributed by atoms with Crippen LogP contribution in [0.4, 0.5) is 18.0 Å². The van der Waals surface area contributed by atoms with Gasteiger partial charge < -0.3 is 24.8 Å². The van der Waals surface area contributed by atoms with Crippen molar-refractivity contribution in [1.29, 1.82) is 0 Å². The van der Waals surface area contributed by atoms with Gasteiger partial charge in [0.1, 0.15) is 18.8 Å². The molecule has 0 radical (unpaired) electrons. The van der Waals surface area contributed by atoms with E-state index in [0.717, 1.165) is 25.7 Å². The highest BCUT2D eigenvalue weighted by Gasteiger charge is 2.33. The molecule has 1 heterocycles. The number of halogens is 3. The summed E-state index contributed by atoms with van der Waals surface area (Å²) in [7, 11) is 0. The number of hydrogen-bond donors (Lipinski definition) is 2. The molecule has 1 saturated carbocycles. The van der Waals surface area contributed by atoms with Crippen molar-refractivity contribution in [3.8, 4) is 5.75 Å². The number of ether oxygens (including phenoxy) is 2. The van der Waals surface area contributed by atoms with Crippen molar-refractivity contribution in [3.63, 3.8) is 0 Å². The number of carbonyl (C=O) groups excluding carboxylic acids is 3. The Morgan fingerprint density at radius 1 is 1.08 bits per heavy atom. The largest absolute Gasteiger partial charge is 0.481 e. The molecule has 198 valence electrons. The third-order valence-corrected chi connectivity index (χ3v) is 6.43. The molecule has 3 rings (SSSR count). The number of aryl methyl sites for hydroxylation is 1. The number of Topliss-reactive ketones (excluding diaryl/α,β-unsaturated/α-hetero) is 1. The maximum atomic E-state index is 14.1. The molecule has 1 atom stereocenters. The number of carboxylic acid groups (broad SMARTS) is 1. The van der Waals surface area contributed by atoms with Gasteiger partial charge in [-0.1, -0.05) is 0 Å². The molecular weight excluding hydrogens is 485 g/mol. The number of rotatable bonds is 9. The first kappa shape index (κ1) is 27.3. The third kappa shape index (κ3) is 6.88. The lowest BCUT2D eigenvalue weighted by atomic mass is 9.95. The molecule has 9 nitrogen and oxygen atoms in total. The number of nitrogens with zero attached hydrogens (tertiary/aromatic N) is 1. The van der Waals surface area contributed by atoms with Gasteiger partial charge in [-0.25, -0.2) is 13.6 Å². The smallest absolute Gasteiger partial charge is 0.410 e. The van der Waals surface area contributed by atoms with E-state index in [2.05, 4.69) is 5.32 Å². The molecular formula is C24H29F3N2O7. The first-order chi connectivity index (χ1) is 17.1. The zero-order chi connectivity index (χ0) is 26.4. The summed E-state index contributed by atoms with van der Waals surface area (Å²) in [5.41, 5.74) is -0.245. The highest BCUT2D eigenvalue weighted by atomic mass is 19.2. The van der Waals surface area contributed by atoms with Crippen LogP contribution in [0.5, 0.6) is 5.75 Å². The fourth-order valence-corrected chi connectivity index (χ4v) is 4.33. The highest BCUT2D eigenvalue weighted by molar-refractivity contribution is 5.93. The van der Waals surface area contributed by atoms with Crippen LogP contribution in [0.1, 0.15) is 50.5 Å². The summed E-state index contributed by atoms with van der Waals surface area (Å²) < 4.78 is 51.9. The Kier molecular flexibility index (Phi) is 9.16. The number of likely N-dealkylation sites (tertiary alicyclic amines) is 1. The monoisotopic (exact) mass is 514 g/mol. The maximum Gasteiger partial charge on any atom is 0.410 e. The molecule has 2 aliphatic rings. The van der Waals surface area contributed by atoms with Crippen LogP contribution in [0.3, 0.4) is 0 Å². The van der Waals surface area contributed by atoms with Crippen LogP contribution in [-0.2, 0) is 19.1 Å². The number of benzene rings is 1. The predicted octanol–water partition coefficient (Wildman–Crippen LogP) is 3.11. The lowest BCUT2D eigenvalue weighted by Crippen LogP contribution is -2.49. The lowest BCUT2D eigenvalue weighted by Gasteiger charge is -2.32. The number of aliphatic carboxylic acids is 1. The summed E-state index contributed by atoms with van der Waals surface area (Å²) >= 11 is 0. The first-order valence-electron chi connectivity index (χ1n) is 11.8. The van der Waals surface area contributed by atoms with E-state index in [9.17, 15) is 32.3 Å². The van der Waals surface area contributed by atoms with Gasteiger partial charge in [-0.15, -0.1) is 0 Å². The quantitative estimate of drug-likeness (QED) is 0.486. The van der Waals surface area contributed by atoms with Crippen LogP contribution in [0.2, 0.25) is 0 Å². The SMILES string of the molecule is Cc1cc(F)c(F)c(OCC(=O)[C@H](CC(=O)O)NC(=O)C2CCN(C(=O)OC3CCCC3)CC2)c1F. The van der Waals surface area contributed by atoms with Crippen LogP contribution >= 0.6 is 0 Å². The lowest BCUT2D eigenvalue weighted by molar-refractivity contribution is -0.141. The minimum atomic E-state index is -1.62. The Labute approximate surface area is 205 Å². The molecule has 36 heavy (non-hydrogen) atoms. The van der Waals surface area contributed by atoms with E-state index >= 15 is 0 Å². The van der Waals surface area contributed by atoms with E-state index in [1.165, 1.54) is 11.8 Å². The highest BCUT2D eigenvalue weighted by Crippen LogP contribution is 2.27. The standard InChI is InChI=1S/C24H29F3N2O7/c1-13-10-16(25)21(27)22(20(13)26)35-12-18(30)17(11-19(31)32)28-23(33)14-6-8-29(9-7-14)24(34)36-15-4-2-3-5-15/h10,14-15,17H,2-9,11-12H2,1H3,(H,28,33)(H,31,32)/t17-/m0/s1. The van der Waals surface area contributed by atoms with E-state index < -0.39 is 71.9 Å². The van der Waals surface area contributed by atoms with Crippen LogP contribution in [0.15, 0.2) is 6.07 Å². The number of nitrogens with one attached hydrogen (secondary N) is 1. The summed E-state index contributed by atoms with van der Waals surface area (Å²) in [6.45, 7) is 0.726. The average Bonchev–Trinajstić information content (AvgIpc) is 3.35. The molecule has 0 spiro atoms. The van der Waals surface area contributed by atoms with Gasteiger partial charge in [0, 0.05) is 19.0 Å². The number of hydrogen-bond acceptors (Lipinski definition) is 6. The fraction of sp³-hybridized carbons (Fsp3) is 0.583. The maximum absolute atomic E-state index is 14.1. The van der Waals surface area contributed by atoms with E-state index in [1.54, 1.807) is 0 Å². The van der Waals surface area contributed by atoms with Gasteiger partial charge in [0.25, 0.3) is 0 Å². The molecule has 1 aliphatic heterocycles. The van der Waals surface area contributed by atoms with E-state index in [4.69, 9.17) is 14.6 Å². The van der Waals surface area contributed by atoms with Gasteiger partial charge in [0.15, 0.2) is 23.2 Å². The van der Waals surface area contributed by atoms with Crippen LogP contribution < -0.4 is 10.1 Å². The molecule has 0 aromatic heterocycles. The van der Waals surface area contributed by atoms with Crippen molar-refractivity contribution in [2.24, 2.45) is 5.92 Å². The van der Waals surface area contributed by atoms with E-state index in [-0.39, 0.29) is 37.6 Å². The van der Waals surface area contributed by atoms with Crippen molar-refractivity contribution in [2.45, 2.75) is 64.0 Å². The number of ketones is 1. The molecule has 2 N–H and O–H groups in total. The van der Waals surface area contributed by atoms with Gasteiger partial charge >= 0.3 is 12.1 Å². The molecule has 1 saturated heterocycles. The minimum Gasteiger partial charge on any atom is -0.481 e. The van der Waals surface area contributed by atoms with Crippen LogP contribution in [0.25, 0.3) is 0 Å². The summed E-state index contributed by atoms with van der Waals surface area (Å²) in [6.07, 6.45) is 3.00. The Balaban J connectivity index is 1.55. The summed E-state index contributed by atoms with van der Waals surface area (Å²) in [5.74, 6) is -8.80. The van der Waals surface area contributed by atoms with Crippen molar-refractivity contribution in [3.05, 3.63) is 29.1 Å². The number of amides is 2. The van der Waals surface area contributed by atoms with E-state index in [0.29, 0.717) is 6.07 Å². The molecule has 1 aliphatic carbocycles. The molecule has 1 aromatic rings. The normalized spacial score (nSPS) is 17.5. The Bertz CT molecular complexity index is 980. The second-order valence-electron chi connectivity index (χ2n) is 9.10. The Hall–Kier alpha value is -3.31. The zero-order valence-corrected chi connectivity index (χ0v) is 19.9. The van der Waals surface area contributed by atoms with Crippen molar-refractivity contribution >= 4 is 23.8 Å². The molecule has 12 heteroatoms. The van der Waals surface area contributed by atoms with Gasteiger partial charge in [-0.2, -0.15) is 4.39 Å². The summed E-state index contributed by atoms with van der Waals surface area (Å²) in [5, 5.41) is 11.5. The Morgan fingerprint density at radius 2 is 1.72 bits per heavy atom. The zero-order valence-electron chi connectivity index (χ0n) is 19.9.